The lowest BCUT2D eigenvalue weighted by Crippen LogP contribution is -2.30. The maximum atomic E-state index is 12.5. The van der Waals surface area contributed by atoms with Crippen LogP contribution in [0.4, 0.5) is 8.78 Å². The van der Waals surface area contributed by atoms with Gasteiger partial charge in [0.1, 0.15) is 0 Å². The molecule has 15 heavy (non-hydrogen) atoms. The van der Waals surface area contributed by atoms with Gasteiger partial charge in [-0.2, -0.15) is 0 Å². The van der Waals surface area contributed by atoms with Gasteiger partial charge in [-0.3, -0.25) is 4.79 Å². The van der Waals surface area contributed by atoms with Crippen LogP contribution in [0.15, 0.2) is 24.3 Å². The van der Waals surface area contributed by atoms with Crippen molar-refractivity contribution in [2.45, 2.75) is 26.3 Å². The first kappa shape index (κ1) is 11.6. The van der Waals surface area contributed by atoms with Crippen LogP contribution in [0, 0.1) is 0 Å². The molecule has 0 heterocycles. The van der Waals surface area contributed by atoms with E-state index in [0.29, 0.717) is 0 Å². The van der Waals surface area contributed by atoms with E-state index < -0.39 is 12.3 Å². The van der Waals surface area contributed by atoms with Crippen LogP contribution in [0.5, 0.6) is 0 Å². The van der Waals surface area contributed by atoms with E-state index in [9.17, 15) is 13.6 Å². The number of carbonyl (C=O) groups excluding carboxylic acids is 1. The number of benzene rings is 1. The van der Waals surface area contributed by atoms with E-state index in [1.807, 2.05) is 0 Å². The number of amides is 1. The normalized spacial score (nSPS) is 10.8. The lowest BCUT2D eigenvalue weighted by atomic mass is 10.1. The van der Waals surface area contributed by atoms with Crippen LogP contribution in [0.2, 0.25) is 0 Å². The Labute approximate surface area is 87.3 Å². The molecule has 0 spiro atoms. The fourth-order valence-electron chi connectivity index (χ4n) is 1.23. The second-order valence-corrected chi connectivity index (χ2v) is 3.52. The van der Waals surface area contributed by atoms with Gasteiger partial charge >= 0.3 is 0 Å². The molecular weight excluding hydrogens is 200 g/mol. The number of alkyl halides is 2. The van der Waals surface area contributed by atoms with Crippen molar-refractivity contribution >= 4 is 5.91 Å². The molecule has 0 fully saturated rings. The van der Waals surface area contributed by atoms with E-state index in [1.54, 1.807) is 19.9 Å². The molecule has 0 saturated carbocycles. The predicted molar refractivity (Wildman–Crippen MR) is 54.0 cm³/mol. The van der Waals surface area contributed by atoms with Gasteiger partial charge in [0.25, 0.3) is 12.3 Å². The van der Waals surface area contributed by atoms with Crippen molar-refractivity contribution in [3.8, 4) is 0 Å². The molecule has 2 nitrogen and oxygen atoms in total. The van der Waals surface area contributed by atoms with Crippen molar-refractivity contribution in [3.05, 3.63) is 35.4 Å². The monoisotopic (exact) mass is 213 g/mol. The summed E-state index contributed by atoms with van der Waals surface area (Å²) >= 11 is 0. The van der Waals surface area contributed by atoms with Crippen LogP contribution < -0.4 is 5.32 Å². The summed E-state index contributed by atoms with van der Waals surface area (Å²) in [5.74, 6) is -0.457. The van der Waals surface area contributed by atoms with Gasteiger partial charge in [0.05, 0.1) is 0 Å². The highest BCUT2D eigenvalue weighted by Gasteiger charge is 2.17. The first-order valence-electron chi connectivity index (χ1n) is 4.70. The maximum Gasteiger partial charge on any atom is 0.264 e. The molecule has 0 unspecified atom stereocenters. The number of hydrogen-bond acceptors (Lipinski definition) is 1. The first-order valence-corrected chi connectivity index (χ1v) is 4.70. The number of carbonyl (C=O) groups is 1. The zero-order chi connectivity index (χ0) is 11.4. The van der Waals surface area contributed by atoms with Crippen LogP contribution in [0.25, 0.3) is 0 Å². The molecule has 4 heteroatoms. The minimum Gasteiger partial charge on any atom is -0.350 e. The van der Waals surface area contributed by atoms with E-state index in [2.05, 4.69) is 5.32 Å². The average molecular weight is 213 g/mol. The zero-order valence-corrected chi connectivity index (χ0v) is 8.63. The standard InChI is InChI=1S/C11H13F2NO/c1-7(2)14-11(15)9-6-4-3-5-8(9)10(12)13/h3-7,10H,1-2H3,(H,14,15). The molecule has 0 saturated heterocycles. The quantitative estimate of drug-likeness (QED) is 0.821. The highest BCUT2D eigenvalue weighted by molar-refractivity contribution is 5.95. The SMILES string of the molecule is CC(C)NC(=O)c1ccccc1C(F)F. The summed E-state index contributed by atoms with van der Waals surface area (Å²) in [6, 6.07) is 5.66. The minimum atomic E-state index is -2.63. The van der Waals surface area contributed by atoms with Gasteiger partial charge < -0.3 is 5.32 Å². The first-order chi connectivity index (χ1) is 7.02. The third-order valence-electron chi connectivity index (χ3n) is 1.86. The zero-order valence-electron chi connectivity index (χ0n) is 8.63. The molecule has 0 aromatic heterocycles. The van der Waals surface area contributed by atoms with Crippen LogP contribution in [0.1, 0.15) is 36.2 Å². The van der Waals surface area contributed by atoms with Crippen LogP contribution in [-0.2, 0) is 0 Å². The van der Waals surface area contributed by atoms with Crippen LogP contribution in [0.3, 0.4) is 0 Å². The molecule has 0 aliphatic carbocycles. The lowest BCUT2D eigenvalue weighted by molar-refractivity contribution is 0.0929. The Morgan fingerprint density at radius 3 is 2.40 bits per heavy atom. The summed E-state index contributed by atoms with van der Waals surface area (Å²) in [6.45, 7) is 3.56. The van der Waals surface area contributed by atoms with Crippen molar-refractivity contribution in [1.82, 2.24) is 5.32 Å². The molecule has 0 atom stereocenters. The summed E-state index contributed by atoms with van der Waals surface area (Å²) in [7, 11) is 0. The Kier molecular flexibility index (Phi) is 3.77. The number of hydrogen-bond donors (Lipinski definition) is 1. The van der Waals surface area contributed by atoms with E-state index in [0.717, 1.165) is 0 Å². The average Bonchev–Trinajstić information content (AvgIpc) is 2.16. The molecule has 1 amide bonds. The van der Waals surface area contributed by atoms with E-state index in [-0.39, 0.29) is 17.2 Å². The summed E-state index contributed by atoms with van der Waals surface area (Å²) in [5.41, 5.74) is -0.183. The highest BCUT2D eigenvalue weighted by Crippen LogP contribution is 2.22. The molecule has 0 aliphatic heterocycles. The molecule has 0 radical (unpaired) electrons. The fraction of sp³-hybridized carbons (Fsp3) is 0.364. The predicted octanol–water partition coefficient (Wildman–Crippen LogP) is 2.76. The van der Waals surface area contributed by atoms with Gasteiger partial charge in [-0.1, -0.05) is 18.2 Å². The van der Waals surface area contributed by atoms with Gasteiger partial charge in [0.2, 0.25) is 0 Å². The fourth-order valence-corrected chi connectivity index (χ4v) is 1.23. The molecular formula is C11H13F2NO. The van der Waals surface area contributed by atoms with E-state index >= 15 is 0 Å². The lowest BCUT2D eigenvalue weighted by Gasteiger charge is -2.11. The van der Waals surface area contributed by atoms with Crippen molar-refractivity contribution in [3.63, 3.8) is 0 Å². The van der Waals surface area contributed by atoms with Gasteiger partial charge in [-0.25, -0.2) is 8.78 Å². The topological polar surface area (TPSA) is 29.1 Å². The number of rotatable bonds is 3. The van der Waals surface area contributed by atoms with Gasteiger partial charge in [0.15, 0.2) is 0 Å². The van der Waals surface area contributed by atoms with E-state index in [4.69, 9.17) is 0 Å². The third-order valence-corrected chi connectivity index (χ3v) is 1.86. The maximum absolute atomic E-state index is 12.5. The third kappa shape index (κ3) is 3.01. The largest absolute Gasteiger partial charge is 0.350 e. The second-order valence-electron chi connectivity index (χ2n) is 3.52. The summed E-state index contributed by atoms with van der Waals surface area (Å²) in [6.07, 6.45) is -2.63. The summed E-state index contributed by atoms with van der Waals surface area (Å²) < 4.78 is 25.1. The van der Waals surface area contributed by atoms with Gasteiger partial charge in [-0.05, 0) is 19.9 Å². The molecule has 1 aromatic carbocycles. The molecule has 1 N–H and O–H groups in total. The highest BCUT2D eigenvalue weighted by atomic mass is 19.3. The Morgan fingerprint density at radius 2 is 1.87 bits per heavy atom. The minimum absolute atomic E-state index is 0.0428. The Bertz CT molecular complexity index is 350. The van der Waals surface area contributed by atoms with Gasteiger partial charge in [0, 0.05) is 17.2 Å². The van der Waals surface area contributed by atoms with Crippen molar-refractivity contribution in [1.29, 1.82) is 0 Å². The smallest absolute Gasteiger partial charge is 0.264 e. The Balaban J connectivity index is 2.97. The molecule has 1 aromatic rings. The number of nitrogens with one attached hydrogen (secondary N) is 1. The Hall–Kier alpha value is -1.45. The van der Waals surface area contributed by atoms with Crippen molar-refractivity contribution in [2.75, 3.05) is 0 Å². The summed E-state index contributed by atoms with van der Waals surface area (Å²) in [5, 5.41) is 2.58. The molecule has 82 valence electrons. The second kappa shape index (κ2) is 4.87. The Morgan fingerprint density at radius 1 is 1.27 bits per heavy atom. The van der Waals surface area contributed by atoms with Crippen molar-refractivity contribution in [2.24, 2.45) is 0 Å². The van der Waals surface area contributed by atoms with Gasteiger partial charge in [-0.15, -0.1) is 0 Å². The molecule has 0 bridgehead atoms. The summed E-state index contributed by atoms with van der Waals surface area (Å²) in [4.78, 5) is 11.5. The van der Waals surface area contributed by atoms with Crippen LogP contribution >= 0.6 is 0 Å². The van der Waals surface area contributed by atoms with E-state index in [1.165, 1.54) is 18.2 Å². The van der Waals surface area contributed by atoms with Crippen molar-refractivity contribution < 1.29 is 13.6 Å². The molecule has 1 rings (SSSR count). The number of halogens is 2. The molecule has 0 aliphatic rings. The van der Waals surface area contributed by atoms with Crippen LogP contribution in [-0.4, -0.2) is 11.9 Å².